The van der Waals surface area contributed by atoms with Crippen molar-refractivity contribution in [3.63, 3.8) is 0 Å². The van der Waals surface area contributed by atoms with Gasteiger partial charge in [-0.05, 0) is 61.7 Å². The SMILES string of the molecule is CCOc1ccc(C2CC(=O)N(c3ccc(NC(C)=O)cc3)C3=C2C(=O)CCC3)cc1. The van der Waals surface area contributed by atoms with Gasteiger partial charge in [-0.2, -0.15) is 0 Å². The minimum atomic E-state index is -0.235. The number of hydrogen-bond donors (Lipinski definition) is 1. The molecule has 0 fully saturated rings. The molecule has 1 unspecified atom stereocenters. The third kappa shape index (κ3) is 4.24. The quantitative estimate of drug-likeness (QED) is 0.772. The fourth-order valence-corrected chi connectivity index (χ4v) is 4.44. The Bertz CT molecular complexity index is 1040. The molecule has 0 aromatic heterocycles. The van der Waals surface area contributed by atoms with Crippen LogP contribution in [-0.4, -0.2) is 24.2 Å². The number of benzene rings is 2. The molecule has 4 rings (SSSR count). The lowest BCUT2D eigenvalue weighted by atomic mass is 9.77. The monoisotopic (exact) mass is 418 g/mol. The molecule has 0 spiro atoms. The Hall–Kier alpha value is -3.41. The van der Waals surface area contributed by atoms with Crippen LogP contribution in [0.3, 0.4) is 0 Å². The third-order valence-corrected chi connectivity index (χ3v) is 5.71. The number of Topliss-reactive ketones (excluding diaryl/α,β-unsaturated/α-hetero) is 1. The summed E-state index contributed by atoms with van der Waals surface area (Å²) in [6.07, 6.45) is 2.18. The second-order valence-corrected chi connectivity index (χ2v) is 7.85. The van der Waals surface area contributed by atoms with Crippen molar-refractivity contribution in [2.24, 2.45) is 0 Å². The summed E-state index contributed by atoms with van der Waals surface area (Å²) in [4.78, 5) is 39.2. The predicted octanol–water partition coefficient (Wildman–Crippen LogP) is 4.57. The molecule has 2 aromatic carbocycles. The normalized spacial score (nSPS) is 18.6. The maximum atomic E-state index is 13.3. The number of anilines is 2. The number of nitrogens with one attached hydrogen (secondary N) is 1. The topological polar surface area (TPSA) is 75.7 Å². The van der Waals surface area contributed by atoms with E-state index in [2.05, 4.69) is 5.32 Å². The van der Waals surface area contributed by atoms with Crippen LogP contribution in [0.25, 0.3) is 0 Å². The van der Waals surface area contributed by atoms with Gasteiger partial charge in [0, 0.05) is 48.3 Å². The first-order chi connectivity index (χ1) is 15.0. The summed E-state index contributed by atoms with van der Waals surface area (Å²) in [5.74, 6) is 0.481. The molecule has 160 valence electrons. The molecule has 2 amide bonds. The van der Waals surface area contributed by atoms with Crippen molar-refractivity contribution in [2.45, 2.75) is 45.4 Å². The van der Waals surface area contributed by atoms with E-state index in [1.54, 1.807) is 17.0 Å². The molecular weight excluding hydrogens is 392 g/mol. The standard InChI is InChI=1S/C25H26N2O4/c1-3-31-20-13-7-17(8-14-20)21-15-24(30)27(22-5-4-6-23(29)25(21)22)19-11-9-18(10-12-19)26-16(2)28/h7-14,21H,3-6,15H2,1-2H3,(H,26,28). The van der Waals surface area contributed by atoms with E-state index < -0.39 is 0 Å². The average molecular weight is 418 g/mol. The van der Waals surface area contributed by atoms with E-state index in [9.17, 15) is 14.4 Å². The van der Waals surface area contributed by atoms with E-state index in [-0.39, 0.29) is 29.9 Å². The number of rotatable bonds is 5. The first kappa shape index (κ1) is 20.8. The lowest BCUT2D eigenvalue weighted by molar-refractivity contribution is -0.120. The Kier molecular flexibility index (Phi) is 5.89. The zero-order valence-electron chi connectivity index (χ0n) is 17.8. The summed E-state index contributed by atoms with van der Waals surface area (Å²) < 4.78 is 5.53. The van der Waals surface area contributed by atoms with E-state index in [1.807, 2.05) is 43.3 Å². The molecule has 1 heterocycles. The minimum Gasteiger partial charge on any atom is -0.494 e. The van der Waals surface area contributed by atoms with Gasteiger partial charge < -0.3 is 10.1 Å². The Labute approximate surface area is 181 Å². The maximum absolute atomic E-state index is 13.3. The predicted molar refractivity (Wildman–Crippen MR) is 119 cm³/mol. The van der Waals surface area contributed by atoms with E-state index in [0.29, 0.717) is 30.8 Å². The lowest BCUT2D eigenvalue weighted by Gasteiger charge is -2.38. The largest absolute Gasteiger partial charge is 0.494 e. The number of carbonyl (C=O) groups is 3. The Morgan fingerprint density at radius 3 is 2.42 bits per heavy atom. The summed E-state index contributed by atoms with van der Waals surface area (Å²) in [5.41, 5.74) is 3.90. The number of hydrogen-bond acceptors (Lipinski definition) is 4. The lowest BCUT2D eigenvalue weighted by Crippen LogP contribution is -2.40. The minimum absolute atomic E-state index is 0.0281. The summed E-state index contributed by atoms with van der Waals surface area (Å²) >= 11 is 0. The van der Waals surface area contributed by atoms with Gasteiger partial charge in [0.2, 0.25) is 11.8 Å². The fraction of sp³-hybridized carbons (Fsp3) is 0.320. The van der Waals surface area contributed by atoms with Crippen LogP contribution in [0.2, 0.25) is 0 Å². The van der Waals surface area contributed by atoms with Crippen molar-refractivity contribution in [1.29, 1.82) is 0 Å². The third-order valence-electron chi connectivity index (χ3n) is 5.71. The van der Waals surface area contributed by atoms with Gasteiger partial charge in [-0.1, -0.05) is 12.1 Å². The van der Waals surface area contributed by atoms with E-state index in [4.69, 9.17) is 4.74 Å². The van der Waals surface area contributed by atoms with Crippen LogP contribution in [0.1, 0.15) is 51.0 Å². The van der Waals surface area contributed by atoms with Crippen molar-refractivity contribution >= 4 is 29.0 Å². The summed E-state index contributed by atoms with van der Waals surface area (Å²) in [6.45, 7) is 3.97. The van der Waals surface area contributed by atoms with Crippen LogP contribution in [0.15, 0.2) is 59.8 Å². The highest BCUT2D eigenvalue weighted by atomic mass is 16.5. The molecule has 1 atom stereocenters. The second-order valence-electron chi connectivity index (χ2n) is 7.85. The number of amides is 2. The number of ketones is 1. The Balaban J connectivity index is 1.71. The van der Waals surface area contributed by atoms with Crippen LogP contribution in [-0.2, 0) is 14.4 Å². The van der Waals surface area contributed by atoms with Gasteiger partial charge in [0.1, 0.15) is 5.75 Å². The molecule has 1 aliphatic heterocycles. The zero-order chi connectivity index (χ0) is 22.0. The van der Waals surface area contributed by atoms with Gasteiger partial charge >= 0.3 is 0 Å². The van der Waals surface area contributed by atoms with Gasteiger partial charge in [-0.3, -0.25) is 19.3 Å². The van der Waals surface area contributed by atoms with Crippen molar-refractivity contribution < 1.29 is 19.1 Å². The molecular formula is C25H26N2O4. The molecule has 2 aromatic rings. The average Bonchev–Trinajstić information content (AvgIpc) is 2.75. The number of nitrogens with zero attached hydrogens (tertiary/aromatic N) is 1. The van der Waals surface area contributed by atoms with Gasteiger partial charge in [-0.25, -0.2) is 0 Å². The van der Waals surface area contributed by atoms with E-state index >= 15 is 0 Å². The maximum Gasteiger partial charge on any atom is 0.232 e. The van der Waals surface area contributed by atoms with Crippen LogP contribution in [0.5, 0.6) is 5.75 Å². The molecule has 1 N–H and O–H groups in total. The zero-order valence-corrected chi connectivity index (χ0v) is 17.8. The van der Waals surface area contributed by atoms with Crippen molar-refractivity contribution in [3.05, 3.63) is 65.4 Å². The second kappa shape index (κ2) is 8.76. The molecule has 0 bridgehead atoms. The molecule has 0 saturated carbocycles. The van der Waals surface area contributed by atoms with E-state index in [1.165, 1.54) is 6.92 Å². The fourth-order valence-electron chi connectivity index (χ4n) is 4.44. The molecule has 0 saturated heterocycles. The molecule has 2 aliphatic rings. The Morgan fingerprint density at radius 2 is 1.77 bits per heavy atom. The van der Waals surface area contributed by atoms with Crippen LogP contribution >= 0.6 is 0 Å². The van der Waals surface area contributed by atoms with Gasteiger partial charge in [0.05, 0.1) is 6.61 Å². The molecule has 31 heavy (non-hydrogen) atoms. The molecule has 0 radical (unpaired) electrons. The smallest absolute Gasteiger partial charge is 0.232 e. The number of carbonyl (C=O) groups excluding carboxylic acids is 3. The van der Waals surface area contributed by atoms with Crippen molar-refractivity contribution in [2.75, 3.05) is 16.8 Å². The van der Waals surface area contributed by atoms with Gasteiger partial charge in [-0.15, -0.1) is 0 Å². The molecule has 1 aliphatic carbocycles. The van der Waals surface area contributed by atoms with Crippen LogP contribution in [0, 0.1) is 0 Å². The van der Waals surface area contributed by atoms with E-state index in [0.717, 1.165) is 29.0 Å². The molecule has 6 nitrogen and oxygen atoms in total. The first-order valence-electron chi connectivity index (χ1n) is 10.7. The van der Waals surface area contributed by atoms with Gasteiger partial charge in [0.25, 0.3) is 0 Å². The highest BCUT2D eigenvalue weighted by molar-refractivity contribution is 6.07. The number of allylic oxidation sites excluding steroid dienone is 2. The Morgan fingerprint density at radius 1 is 1.06 bits per heavy atom. The van der Waals surface area contributed by atoms with Crippen molar-refractivity contribution in [1.82, 2.24) is 0 Å². The summed E-state index contributed by atoms with van der Waals surface area (Å²) in [6, 6.07) is 14.9. The van der Waals surface area contributed by atoms with Crippen LogP contribution in [0.4, 0.5) is 11.4 Å². The summed E-state index contributed by atoms with van der Waals surface area (Å²) in [5, 5.41) is 2.73. The highest BCUT2D eigenvalue weighted by Crippen LogP contribution is 2.43. The van der Waals surface area contributed by atoms with Crippen molar-refractivity contribution in [3.8, 4) is 5.75 Å². The highest BCUT2D eigenvalue weighted by Gasteiger charge is 2.39. The van der Waals surface area contributed by atoms with Crippen LogP contribution < -0.4 is 15.0 Å². The summed E-state index contributed by atoms with van der Waals surface area (Å²) in [7, 11) is 0. The molecule has 6 heteroatoms. The van der Waals surface area contributed by atoms with Gasteiger partial charge in [0.15, 0.2) is 5.78 Å². The first-order valence-corrected chi connectivity index (χ1v) is 10.7. The number of ether oxygens (including phenoxy) is 1.